The number of hydrogen-bond donors (Lipinski definition) is 1. The Labute approximate surface area is 146 Å². The van der Waals surface area contributed by atoms with Gasteiger partial charge < -0.3 is 10.2 Å². The number of likely N-dealkylation sites (tertiary alicyclic amines) is 1. The van der Waals surface area contributed by atoms with Gasteiger partial charge in [-0.25, -0.2) is 4.79 Å². The second-order valence-electron chi connectivity index (χ2n) is 6.58. The Morgan fingerprint density at radius 2 is 1.84 bits per heavy atom. The molecule has 0 spiro atoms. The van der Waals surface area contributed by atoms with Gasteiger partial charge in [-0.3, -0.25) is 14.5 Å². The predicted octanol–water partition coefficient (Wildman–Crippen LogP) is 1.34. The number of rotatable bonds is 3. The first kappa shape index (κ1) is 17.0. The lowest BCUT2D eigenvalue weighted by molar-refractivity contribution is -0.139. The minimum absolute atomic E-state index is 0.202. The van der Waals surface area contributed by atoms with E-state index in [0.29, 0.717) is 24.2 Å². The summed E-state index contributed by atoms with van der Waals surface area (Å²) in [7, 11) is 0. The minimum Gasteiger partial charge on any atom is -0.341 e. The third-order valence-electron chi connectivity index (χ3n) is 4.87. The van der Waals surface area contributed by atoms with Gasteiger partial charge in [-0.2, -0.15) is 5.26 Å². The average molecular weight is 340 g/mol. The zero-order valence-corrected chi connectivity index (χ0v) is 14.1. The maximum absolute atomic E-state index is 12.8. The Bertz CT molecular complexity index is 747. The number of carbonyl (C=O) groups excluding carboxylic acids is 3. The van der Waals surface area contributed by atoms with Crippen LogP contribution in [0, 0.1) is 11.3 Å². The van der Waals surface area contributed by atoms with Gasteiger partial charge in [0.2, 0.25) is 5.91 Å². The lowest BCUT2D eigenvalue weighted by Crippen LogP contribution is -2.45. The highest BCUT2D eigenvalue weighted by Crippen LogP contribution is 2.29. The number of hydrogen-bond acceptors (Lipinski definition) is 4. The van der Waals surface area contributed by atoms with Gasteiger partial charge in [0, 0.05) is 13.1 Å². The van der Waals surface area contributed by atoms with E-state index in [1.54, 1.807) is 36.1 Å². The fraction of sp³-hybridized carbons (Fsp3) is 0.444. The van der Waals surface area contributed by atoms with Crippen LogP contribution in [0.1, 0.15) is 37.3 Å². The summed E-state index contributed by atoms with van der Waals surface area (Å²) in [6.45, 7) is 2.72. The highest BCUT2D eigenvalue weighted by atomic mass is 16.2. The molecule has 130 valence electrons. The van der Waals surface area contributed by atoms with Crippen LogP contribution >= 0.6 is 0 Å². The van der Waals surface area contributed by atoms with Crippen molar-refractivity contribution >= 4 is 17.8 Å². The van der Waals surface area contributed by atoms with Crippen LogP contribution in [0.2, 0.25) is 0 Å². The number of nitrogens with one attached hydrogen (secondary N) is 1. The molecular weight excluding hydrogens is 320 g/mol. The van der Waals surface area contributed by atoms with Crippen molar-refractivity contribution in [3.8, 4) is 6.07 Å². The summed E-state index contributed by atoms with van der Waals surface area (Å²) in [6, 6.07) is 7.94. The molecule has 1 atom stereocenters. The zero-order chi connectivity index (χ0) is 18.0. The average Bonchev–Trinajstić information content (AvgIpc) is 2.86. The van der Waals surface area contributed by atoms with E-state index < -0.39 is 17.5 Å². The van der Waals surface area contributed by atoms with Crippen molar-refractivity contribution in [3.05, 3.63) is 35.4 Å². The molecule has 4 amide bonds. The maximum atomic E-state index is 12.8. The summed E-state index contributed by atoms with van der Waals surface area (Å²) >= 11 is 0. The number of nitriles is 1. The number of benzene rings is 1. The second kappa shape index (κ2) is 6.55. The fourth-order valence-corrected chi connectivity index (χ4v) is 3.29. The van der Waals surface area contributed by atoms with Crippen LogP contribution in [0.4, 0.5) is 4.79 Å². The third kappa shape index (κ3) is 3.07. The van der Waals surface area contributed by atoms with Gasteiger partial charge in [0.1, 0.15) is 12.1 Å². The van der Waals surface area contributed by atoms with Crippen molar-refractivity contribution < 1.29 is 14.4 Å². The first-order valence-corrected chi connectivity index (χ1v) is 8.38. The van der Waals surface area contributed by atoms with Crippen molar-refractivity contribution in [1.29, 1.82) is 5.26 Å². The van der Waals surface area contributed by atoms with Crippen LogP contribution < -0.4 is 5.32 Å². The van der Waals surface area contributed by atoms with E-state index in [1.165, 1.54) is 0 Å². The standard InChI is InChI=1S/C18H20N4O3/c1-18(14-7-5-13(11-19)6-8-14)16(24)22(17(25)20-18)12-15(23)21-9-3-2-4-10-21/h5-8H,2-4,9-10,12H2,1H3,(H,20,25)/t18-/m1/s1. The Morgan fingerprint density at radius 1 is 1.20 bits per heavy atom. The van der Waals surface area contributed by atoms with Crippen LogP contribution in [-0.4, -0.2) is 47.3 Å². The Kier molecular flexibility index (Phi) is 4.45. The van der Waals surface area contributed by atoms with Crippen LogP contribution in [0.25, 0.3) is 0 Å². The van der Waals surface area contributed by atoms with Crippen molar-refractivity contribution in [2.24, 2.45) is 0 Å². The van der Waals surface area contributed by atoms with E-state index in [0.717, 1.165) is 24.2 Å². The van der Waals surface area contributed by atoms with Crippen molar-refractivity contribution in [1.82, 2.24) is 15.1 Å². The van der Waals surface area contributed by atoms with E-state index in [9.17, 15) is 14.4 Å². The monoisotopic (exact) mass is 340 g/mol. The first-order valence-electron chi connectivity index (χ1n) is 8.38. The fourth-order valence-electron chi connectivity index (χ4n) is 3.29. The molecule has 3 rings (SSSR count). The first-order chi connectivity index (χ1) is 12.0. The second-order valence-corrected chi connectivity index (χ2v) is 6.58. The molecule has 0 bridgehead atoms. The number of piperidine rings is 1. The van der Waals surface area contributed by atoms with Gasteiger partial charge in [0.15, 0.2) is 0 Å². The van der Waals surface area contributed by atoms with Gasteiger partial charge in [0.05, 0.1) is 11.6 Å². The van der Waals surface area contributed by atoms with E-state index in [2.05, 4.69) is 5.32 Å². The molecule has 2 saturated heterocycles. The van der Waals surface area contributed by atoms with Crippen molar-refractivity contribution in [3.63, 3.8) is 0 Å². The molecular formula is C18H20N4O3. The largest absolute Gasteiger partial charge is 0.341 e. The molecule has 7 heteroatoms. The normalized spacial score (nSPS) is 23.4. The predicted molar refractivity (Wildman–Crippen MR) is 89.2 cm³/mol. The van der Waals surface area contributed by atoms with E-state index in [1.807, 2.05) is 6.07 Å². The SMILES string of the molecule is C[C@]1(c2ccc(C#N)cc2)NC(=O)N(CC(=O)N2CCCCC2)C1=O. The van der Waals surface area contributed by atoms with Crippen LogP contribution in [-0.2, 0) is 15.1 Å². The minimum atomic E-state index is -1.23. The van der Waals surface area contributed by atoms with Gasteiger partial charge in [-0.05, 0) is 43.9 Å². The number of imide groups is 1. The Balaban J connectivity index is 1.76. The maximum Gasteiger partial charge on any atom is 0.325 e. The summed E-state index contributed by atoms with van der Waals surface area (Å²) in [5.74, 6) is -0.653. The summed E-state index contributed by atoms with van der Waals surface area (Å²) in [5.41, 5.74) is -0.174. The quantitative estimate of drug-likeness (QED) is 0.840. The smallest absolute Gasteiger partial charge is 0.325 e. The Morgan fingerprint density at radius 3 is 2.44 bits per heavy atom. The molecule has 2 fully saturated rings. The summed E-state index contributed by atoms with van der Waals surface area (Å²) in [4.78, 5) is 40.2. The van der Waals surface area contributed by atoms with Gasteiger partial charge in [0.25, 0.3) is 5.91 Å². The van der Waals surface area contributed by atoms with Crippen LogP contribution in [0.5, 0.6) is 0 Å². The van der Waals surface area contributed by atoms with Gasteiger partial charge in [-0.15, -0.1) is 0 Å². The number of amides is 4. The molecule has 0 radical (unpaired) electrons. The molecule has 1 N–H and O–H groups in total. The van der Waals surface area contributed by atoms with Crippen molar-refractivity contribution in [2.45, 2.75) is 31.7 Å². The lowest BCUT2D eigenvalue weighted by atomic mass is 9.91. The lowest BCUT2D eigenvalue weighted by Gasteiger charge is -2.28. The molecule has 1 aromatic carbocycles. The summed E-state index contributed by atoms with van der Waals surface area (Å²) < 4.78 is 0. The number of carbonyl (C=O) groups is 3. The van der Waals surface area contributed by atoms with E-state index >= 15 is 0 Å². The highest BCUT2D eigenvalue weighted by Gasteiger charge is 2.49. The molecule has 0 aliphatic carbocycles. The van der Waals surface area contributed by atoms with Gasteiger partial charge in [-0.1, -0.05) is 12.1 Å². The Hall–Kier alpha value is -2.88. The van der Waals surface area contributed by atoms with E-state index in [-0.39, 0.29) is 12.5 Å². The molecule has 0 aromatic heterocycles. The molecule has 7 nitrogen and oxygen atoms in total. The van der Waals surface area contributed by atoms with Crippen LogP contribution in [0.3, 0.4) is 0 Å². The molecule has 0 saturated carbocycles. The number of urea groups is 1. The molecule has 1 aromatic rings. The third-order valence-corrected chi connectivity index (χ3v) is 4.87. The summed E-state index contributed by atoms with van der Waals surface area (Å²) in [5, 5.41) is 11.6. The summed E-state index contributed by atoms with van der Waals surface area (Å²) in [6.07, 6.45) is 3.01. The zero-order valence-electron chi connectivity index (χ0n) is 14.1. The van der Waals surface area contributed by atoms with Gasteiger partial charge >= 0.3 is 6.03 Å². The molecule has 2 aliphatic rings. The molecule has 25 heavy (non-hydrogen) atoms. The van der Waals surface area contributed by atoms with E-state index in [4.69, 9.17) is 5.26 Å². The molecule has 0 unspecified atom stereocenters. The molecule has 2 heterocycles. The topological polar surface area (TPSA) is 93.5 Å². The molecule has 2 aliphatic heterocycles. The highest BCUT2D eigenvalue weighted by molar-refractivity contribution is 6.09. The van der Waals surface area contributed by atoms with Crippen LogP contribution in [0.15, 0.2) is 24.3 Å². The number of nitrogens with zero attached hydrogens (tertiary/aromatic N) is 3. The van der Waals surface area contributed by atoms with Crippen molar-refractivity contribution in [2.75, 3.05) is 19.6 Å².